The van der Waals surface area contributed by atoms with Gasteiger partial charge in [0.05, 0.1) is 11.9 Å². The molecule has 2 aromatic rings. The number of hydrogen-bond donors (Lipinski definition) is 4. The number of carboxylic acid groups (broad SMARTS) is 1. The van der Waals surface area contributed by atoms with Crippen LogP contribution in [0.2, 0.25) is 0 Å². The number of nitrogens with two attached hydrogens (primary N) is 2. The standard InChI is InChI=1S/C15H16N4O3.C11H21NO/c1-8-2-3-9(14(20)18-10-4-5-10)6-12(8)19-13(16)11(7-17-19)15(21)22;1-11(2,3)9-6-4-8(5-7-9)10(12)13/h2-3,6-7,10H,4-5,16H2,1H3,(H,18,20)(H,21,22);8-9H,4-7H2,1-3H3,(H2,12,13). The van der Waals surface area contributed by atoms with Gasteiger partial charge in [-0.05, 0) is 74.5 Å². The smallest absolute Gasteiger partial charge is 0.341 e. The number of primary amides is 1. The van der Waals surface area contributed by atoms with Gasteiger partial charge in [-0.3, -0.25) is 9.59 Å². The van der Waals surface area contributed by atoms with Crippen LogP contribution in [0.5, 0.6) is 0 Å². The fourth-order valence-electron chi connectivity index (χ4n) is 4.43. The number of aromatic nitrogens is 2. The van der Waals surface area contributed by atoms with Crippen molar-refractivity contribution in [2.75, 3.05) is 5.73 Å². The van der Waals surface area contributed by atoms with E-state index >= 15 is 0 Å². The van der Waals surface area contributed by atoms with Crippen LogP contribution in [-0.2, 0) is 4.79 Å². The maximum Gasteiger partial charge on any atom is 0.341 e. The predicted octanol–water partition coefficient (Wildman–Crippen LogP) is 3.68. The van der Waals surface area contributed by atoms with E-state index < -0.39 is 5.97 Å². The number of nitrogens with zero attached hydrogens (tertiary/aromatic N) is 2. The minimum absolute atomic E-state index is 0.0374. The quantitative estimate of drug-likeness (QED) is 0.509. The van der Waals surface area contributed by atoms with Gasteiger partial charge in [0.1, 0.15) is 11.4 Å². The first kappa shape index (κ1) is 26.2. The van der Waals surface area contributed by atoms with E-state index in [-0.39, 0.29) is 35.2 Å². The second-order valence-corrected chi connectivity index (χ2v) is 10.7. The minimum atomic E-state index is -1.14. The number of carbonyl (C=O) groups is 3. The predicted molar refractivity (Wildman–Crippen MR) is 134 cm³/mol. The number of benzene rings is 1. The Kier molecular flexibility index (Phi) is 7.87. The molecule has 0 radical (unpaired) electrons. The lowest BCUT2D eigenvalue weighted by Crippen LogP contribution is -2.31. The molecule has 35 heavy (non-hydrogen) atoms. The summed E-state index contributed by atoms with van der Waals surface area (Å²) in [6, 6.07) is 5.46. The van der Waals surface area contributed by atoms with Crippen LogP contribution in [0.4, 0.5) is 5.82 Å². The Balaban J connectivity index is 0.000000225. The van der Waals surface area contributed by atoms with E-state index in [1.54, 1.807) is 18.2 Å². The molecule has 6 N–H and O–H groups in total. The van der Waals surface area contributed by atoms with E-state index in [1.165, 1.54) is 10.9 Å². The lowest BCUT2D eigenvalue weighted by Gasteiger charge is -2.36. The number of anilines is 1. The highest BCUT2D eigenvalue weighted by atomic mass is 16.4. The molecule has 1 heterocycles. The molecule has 9 heteroatoms. The fourth-order valence-corrected chi connectivity index (χ4v) is 4.43. The van der Waals surface area contributed by atoms with E-state index in [9.17, 15) is 14.4 Å². The molecule has 0 spiro atoms. The zero-order valence-electron chi connectivity index (χ0n) is 21.0. The molecule has 0 saturated heterocycles. The Bertz CT molecular complexity index is 1090. The fraction of sp³-hybridized carbons (Fsp3) is 0.538. The summed E-state index contributed by atoms with van der Waals surface area (Å²) in [5.74, 6) is -0.429. The molecular weight excluding hydrogens is 446 g/mol. The van der Waals surface area contributed by atoms with Crippen molar-refractivity contribution in [3.05, 3.63) is 41.1 Å². The number of nitrogens with one attached hydrogen (secondary N) is 1. The Morgan fingerprint density at radius 3 is 2.20 bits per heavy atom. The molecule has 190 valence electrons. The van der Waals surface area contributed by atoms with Crippen molar-refractivity contribution < 1.29 is 19.5 Å². The molecule has 2 aliphatic rings. The molecule has 2 aliphatic carbocycles. The van der Waals surface area contributed by atoms with Crippen molar-refractivity contribution in [3.8, 4) is 5.69 Å². The molecule has 0 bridgehead atoms. The largest absolute Gasteiger partial charge is 0.477 e. The van der Waals surface area contributed by atoms with Crippen LogP contribution in [0.25, 0.3) is 5.69 Å². The van der Waals surface area contributed by atoms with E-state index in [2.05, 4.69) is 31.2 Å². The molecular formula is C26H37N5O4. The Morgan fingerprint density at radius 1 is 1.09 bits per heavy atom. The molecule has 0 aliphatic heterocycles. The van der Waals surface area contributed by atoms with Gasteiger partial charge in [0, 0.05) is 17.5 Å². The first-order valence-electron chi connectivity index (χ1n) is 12.2. The van der Waals surface area contributed by atoms with Gasteiger partial charge in [-0.15, -0.1) is 0 Å². The van der Waals surface area contributed by atoms with Gasteiger partial charge in [0.2, 0.25) is 5.91 Å². The van der Waals surface area contributed by atoms with Crippen molar-refractivity contribution in [2.45, 2.75) is 72.3 Å². The highest BCUT2D eigenvalue weighted by Crippen LogP contribution is 2.39. The monoisotopic (exact) mass is 483 g/mol. The van der Waals surface area contributed by atoms with Crippen LogP contribution in [0, 0.1) is 24.2 Å². The Morgan fingerprint density at radius 2 is 1.71 bits per heavy atom. The summed E-state index contributed by atoms with van der Waals surface area (Å²) in [5, 5.41) is 16.0. The van der Waals surface area contributed by atoms with Crippen molar-refractivity contribution in [1.82, 2.24) is 15.1 Å². The third kappa shape index (κ3) is 6.61. The SMILES string of the molecule is CC(C)(C)C1CCC(C(N)=O)CC1.Cc1ccc(C(=O)NC2CC2)cc1-n1ncc(C(=O)O)c1N. The molecule has 2 amide bonds. The first-order valence-corrected chi connectivity index (χ1v) is 12.2. The molecule has 0 atom stereocenters. The summed E-state index contributed by atoms with van der Waals surface area (Å²) in [4.78, 5) is 34.1. The highest BCUT2D eigenvalue weighted by molar-refractivity contribution is 5.96. The summed E-state index contributed by atoms with van der Waals surface area (Å²) in [6.07, 6.45) is 7.55. The normalized spacial score (nSPS) is 19.9. The number of aryl methyl sites for hydroxylation is 1. The first-order chi connectivity index (χ1) is 16.4. The summed E-state index contributed by atoms with van der Waals surface area (Å²) in [6.45, 7) is 8.69. The van der Waals surface area contributed by atoms with Crippen LogP contribution in [0.1, 0.15) is 85.6 Å². The molecule has 2 fully saturated rings. The van der Waals surface area contributed by atoms with Crippen LogP contribution in [0.15, 0.2) is 24.4 Å². The van der Waals surface area contributed by atoms with Crippen LogP contribution < -0.4 is 16.8 Å². The van der Waals surface area contributed by atoms with E-state index in [0.717, 1.165) is 50.0 Å². The molecule has 2 saturated carbocycles. The topological polar surface area (TPSA) is 153 Å². The Labute approximate surface area is 206 Å². The van der Waals surface area contributed by atoms with Gasteiger partial charge >= 0.3 is 5.97 Å². The van der Waals surface area contributed by atoms with E-state index in [0.29, 0.717) is 16.7 Å². The average Bonchev–Trinajstić information content (AvgIpc) is 3.52. The minimum Gasteiger partial charge on any atom is -0.477 e. The van der Waals surface area contributed by atoms with E-state index in [1.807, 2.05) is 6.92 Å². The van der Waals surface area contributed by atoms with Crippen LogP contribution >= 0.6 is 0 Å². The van der Waals surface area contributed by atoms with E-state index in [4.69, 9.17) is 16.6 Å². The number of carbonyl (C=O) groups excluding carboxylic acids is 2. The lowest BCUT2D eigenvalue weighted by molar-refractivity contribution is -0.123. The van der Waals surface area contributed by atoms with Gasteiger partial charge in [-0.2, -0.15) is 5.10 Å². The second-order valence-electron chi connectivity index (χ2n) is 10.7. The van der Waals surface area contributed by atoms with Gasteiger partial charge in [0.25, 0.3) is 5.91 Å². The number of aromatic carboxylic acids is 1. The van der Waals surface area contributed by atoms with Crippen LogP contribution in [0.3, 0.4) is 0 Å². The lowest BCUT2D eigenvalue weighted by atomic mass is 9.70. The third-order valence-corrected chi connectivity index (χ3v) is 7.00. The Hall–Kier alpha value is -3.36. The van der Waals surface area contributed by atoms with Crippen LogP contribution in [-0.4, -0.2) is 38.7 Å². The van der Waals surface area contributed by atoms with Gasteiger partial charge in [-0.25, -0.2) is 9.48 Å². The number of amides is 2. The number of nitrogen functional groups attached to an aromatic ring is 1. The summed E-state index contributed by atoms with van der Waals surface area (Å²) in [5.41, 5.74) is 13.4. The molecule has 0 unspecified atom stereocenters. The van der Waals surface area contributed by atoms with Crippen molar-refractivity contribution in [2.24, 2.45) is 23.0 Å². The molecule has 1 aromatic carbocycles. The average molecular weight is 484 g/mol. The van der Waals surface area contributed by atoms with Gasteiger partial charge in [-0.1, -0.05) is 26.8 Å². The number of hydrogen-bond acceptors (Lipinski definition) is 5. The van der Waals surface area contributed by atoms with Crippen molar-refractivity contribution in [1.29, 1.82) is 0 Å². The number of rotatable bonds is 5. The van der Waals surface area contributed by atoms with Gasteiger partial charge < -0.3 is 21.9 Å². The van der Waals surface area contributed by atoms with Gasteiger partial charge in [0.15, 0.2) is 0 Å². The molecule has 4 rings (SSSR count). The van der Waals surface area contributed by atoms with Crippen molar-refractivity contribution >= 4 is 23.6 Å². The zero-order valence-corrected chi connectivity index (χ0v) is 21.0. The molecule has 1 aromatic heterocycles. The second kappa shape index (κ2) is 10.5. The summed E-state index contributed by atoms with van der Waals surface area (Å²) < 4.78 is 1.34. The number of carboxylic acids is 1. The van der Waals surface area contributed by atoms with Crippen molar-refractivity contribution in [3.63, 3.8) is 0 Å². The maximum atomic E-state index is 12.1. The third-order valence-electron chi connectivity index (χ3n) is 7.00. The highest BCUT2D eigenvalue weighted by Gasteiger charge is 2.31. The zero-order chi connectivity index (χ0) is 25.9. The summed E-state index contributed by atoms with van der Waals surface area (Å²) in [7, 11) is 0. The maximum absolute atomic E-state index is 12.1. The molecule has 9 nitrogen and oxygen atoms in total. The summed E-state index contributed by atoms with van der Waals surface area (Å²) >= 11 is 0.